The zero-order valence-electron chi connectivity index (χ0n) is 11.3. The summed E-state index contributed by atoms with van der Waals surface area (Å²) in [4.78, 5) is 0. The highest BCUT2D eigenvalue weighted by Gasteiger charge is 2.19. The van der Waals surface area contributed by atoms with Crippen molar-refractivity contribution in [2.45, 2.75) is 31.3 Å². The van der Waals surface area contributed by atoms with Crippen LogP contribution in [-0.4, -0.2) is 34.9 Å². The maximum absolute atomic E-state index is 11.6. The molecule has 102 valence electrons. The summed E-state index contributed by atoms with van der Waals surface area (Å²) in [6, 6.07) is 7.52. The summed E-state index contributed by atoms with van der Waals surface area (Å²) in [6.07, 6.45) is 1.08. The second-order valence-electron chi connectivity index (χ2n) is 5.44. The van der Waals surface area contributed by atoms with Crippen LogP contribution in [-0.2, 0) is 15.3 Å². The van der Waals surface area contributed by atoms with Crippen molar-refractivity contribution < 1.29 is 8.42 Å². The van der Waals surface area contributed by atoms with Crippen molar-refractivity contribution in [2.75, 3.05) is 6.26 Å². The first kappa shape index (κ1) is 13.7. The van der Waals surface area contributed by atoms with Crippen molar-refractivity contribution >= 4 is 9.84 Å². The van der Waals surface area contributed by atoms with Crippen LogP contribution in [0.4, 0.5) is 0 Å². The molecule has 0 unspecified atom stereocenters. The van der Waals surface area contributed by atoms with Gasteiger partial charge in [0, 0.05) is 6.26 Å². The number of aromatic nitrogens is 4. The Hall–Kier alpha value is -1.76. The van der Waals surface area contributed by atoms with Gasteiger partial charge in [-0.25, -0.2) is 8.42 Å². The molecule has 0 aliphatic carbocycles. The molecule has 0 N–H and O–H groups in total. The van der Waals surface area contributed by atoms with Gasteiger partial charge in [0.1, 0.15) is 0 Å². The predicted octanol–water partition coefficient (Wildman–Crippen LogP) is 1.36. The molecule has 0 amide bonds. The van der Waals surface area contributed by atoms with Crippen LogP contribution in [0.2, 0.25) is 0 Å². The van der Waals surface area contributed by atoms with E-state index in [9.17, 15) is 8.42 Å². The number of hydrogen-bond acceptors (Lipinski definition) is 5. The molecule has 0 saturated heterocycles. The lowest BCUT2D eigenvalue weighted by Gasteiger charge is -2.19. The molecule has 1 aromatic carbocycles. The fourth-order valence-corrected chi connectivity index (χ4v) is 2.32. The number of hydrogen-bond donors (Lipinski definition) is 0. The maximum atomic E-state index is 11.6. The van der Waals surface area contributed by atoms with Crippen molar-refractivity contribution in [3.63, 3.8) is 0 Å². The van der Waals surface area contributed by atoms with E-state index >= 15 is 0 Å². The van der Waals surface area contributed by atoms with Crippen LogP contribution in [0.1, 0.15) is 26.3 Å². The van der Waals surface area contributed by atoms with Crippen molar-refractivity contribution in [2.24, 2.45) is 0 Å². The van der Waals surface area contributed by atoms with Gasteiger partial charge in [0.15, 0.2) is 0 Å². The second-order valence-corrected chi connectivity index (χ2v) is 7.35. The average Bonchev–Trinajstić information content (AvgIpc) is 2.76. The van der Waals surface area contributed by atoms with E-state index in [1.165, 1.54) is 4.68 Å². The number of tetrazole rings is 1. The monoisotopic (exact) mass is 280 g/mol. The van der Waals surface area contributed by atoms with E-state index in [2.05, 4.69) is 36.3 Å². The molecule has 1 heterocycles. The summed E-state index contributed by atoms with van der Waals surface area (Å²) in [6.45, 7) is 6.34. The highest BCUT2D eigenvalue weighted by Crippen LogP contribution is 2.23. The van der Waals surface area contributed by atoms with Gasteiger partial charge in [-0.15, -0.1) is 0 Å². The molecule has 0 fully saturated rings. The van der Waals surface area contributed by atoms with Crippen LogP contribution < -0.4 is 0 Å². The summed E-state index contributed by atoms with van der Waals surface area (Å²) in [5.41, 5.74) is 1.82. The minimum atomic E-state index is -3.45. The van der Waals surface area contributed by atoms with E-state index < -0.39 is 9.84 Å². The second kappa shape index (κ2) is 4.41. The molecule has 7 heteroatoms. The van der Waals surface area contributed by atoms with Gasteiger partial charge in [-0.05, 0) is 33.5 Å². The zero-order valence-corrected chi connectivity index (χ0v) is 12.1. The Morgan fingerprint density at radius 1 is 1.11 bits per heavy atom. The van der Waals surface area contributed by atoms with Gasteiger partial charge in [0.25, 0.3) is 5.16 Å². The minimum absolute atomic E-state index is 0.0405. The van der Waals surface area contributed by atoms with Crippen LogP contribution in [0, 0.1) is 0 Å². The highest BCUT2D eigenvalue weighted by molar-refractivity contribution is 7.90. The number of benzene rings is 1. The van der Waals surface area contributed by atoms with Gasteiger partial charge in [0.05, 0.1) is 5.69 Å². The SMILES string of the molecule is CC(C)(C)c1ccc(-n2nnnc2S(C)(=O)=O)cc1. The third-order valence-corrected chi connectivity index (χ3v) is 3.67. The summed E-state index contributed by atoms with van der Waals surface area (Å²) < 4.78 is 24.3. The Morgan fingerprint density at radius 3 is 2.16 bits per heavy atom. The number of nitrogens with zero attached hydrogens (tertiary/aromatic N) is 4. The molecule has 0 spiro atoms. The first-order valence-electron chi connectivity index (χ1n) is 5.79. The molecule has 0 atom stereocenters. The number of sulfone groups is 1. The van der Waals surface area contributed by atoms with Crippen molar-refractivity contribution in [1.82, 2.24) is 20.2 Å². The molecule has 0 radical (unpaired) electrons. The van der Waals surface area contributed by atoms with Crippen LogP contribution in [0.15, 0.2) is 29.4 Å². The van der Waals surface area contributed by atoms with E-state index in [0.717, 1.165) is 11.8 Å². The Bertz CT molecular complexity index is 681. The predicted molar refractivity (Wildman–Crippen MR) is 71.0 cm³/mol. The van der Waals surface area contributed by atoms with Crippen molar-refractivity contribution in [3.8, 4) is 5.69 Å². The van der Waals surface area contributed by atoms with Crippen LogP contribution in [0.25, 0.3) is 5.69 Å². The topological polar surface area (TPSA) is 77.7 Å². The lowest BCUT2D eigenvalue weighted by atomic mass is 9.87. The van der Waals surface area contributed by atoms with Gasteiger partial charge in [-0.3, -0.25) is 0 Å². The molecular weight excluding hydrogens is 264 g/mol. The molecule has 0 bridgehead atoms. The molecule has 0 aliphatic heterocycles. The van der Waals surface area contributed by atoms with E-state index in [-0.39, 0.29) is 10.6 Å². The van der Waals surface area contributed by atoms with Crippen molar-refractivity contribution in [1.29, 1.82) is 0 Å². The standard InChI is InChI=1S/C12H16N4O2S/c1-12(2,3)9-5-7-10(8-6-9)16-11(13-14-15-16)19(4,17)18/h5-8H,1-4H3. The molecule has 2 aromatic rings. The summed E-state index contributed by atoms with van der Waals surface area (Å²) in [5, 5.41) is 10.5. The third-order valence-electron chi connectivity index (χ3n) is 2.75. The van der Waals surface area contributed by atoms with Crippen LogP contribution in [0.3, 0.4) is 0 Å². The first-order valence-corrected chi connectivity index (χ1v) is 7.68. The zero-order chi connectivity index (χ0) is 14.3. The minimum Gasteiger partial charge on any atom is -0.221 e. The van der Waals surface area contributed by atoms with Gasteiger partial charge in [-0.2, -0.15) is 4.68 Å². The van der Waals surface area contributed by atoms with E-state index in [0.29, 0.717) is 5.69 Å². The van der Waals surface area contributed by atoms with E-state index in [1.54, 1.807) is 0 Å². The van der Waals surface area contributed by atoms with E-state index in [4.69, 9.17) is 0 Å². The Kier molecular flexibility index (Phi) is 3.17. The lowest BCUT2D eigenvalue weighted by Crippen LogP contribution is -2.12. The smallest absolute Gasteiger partial charge is 0.221 e. The van der Waals surface area contributed by atoms with Crippen LogP contribution in [0.5, 0.6) is 0 Å². The molecule has 6 nitrogen and oxygen atoms in total. The molecule has 0 saturated carbocycles. The molecule has 1 aromatic heterocycles. The molecule has 2 rings (SSSR count). The lowest BCUT2D eigenvalue weighted by molar-refractivity contribution is 0.584. The van der Waals surface area contributed by atoms with E-state index in [1.807, 2.05) is 24.3 Å². The van der Waals surface area contributed by atoms with Gasteiger partial charge >= 0.3 is 0 Å². The molecule has 19 heavy (non-hydrogen) atoms. The van der Waals surface area contributed by atoms with Crippen molar-refractivity contribution in [3.05, 3.63) is 29.8 Å². The van der Waals surface area contributed by atoms with Gasteiger partial charge in [0.2, 0.25) is 9.84 Å². The summed E-state index contributed by atoms with van der Waals surface area (Å²) >= 11 is 0. The molecular formula is C12H16N4O2S. The Balaban J connectivity index is 2.48. The van der Waals surface area contributed by atoms with Gasteiger partial charge < -0.3 is 0 Å². The quantitative estimate of drug-likeness (QED) is 0.830. The normalized spacial score (nSPS) is 12.6. The van der Waals surface area contributed by atoms with Crippen LogP contribution >= 0.6 is 0 Å². The molecule has 0 aliphatic rings. The Labute approximate surface area is 112 Å². The summed E-state index contributed by atoms with van der Waals surface area (Å²) in [7, 11) is -3.45. The maximum Gasteiger partial charge on any atom is 0.272 e. The highest BCUT2D eigenvalue weighted by atomic mass is 32.2. The van der Waals surface area contributed by atoms with Gasteiger partial charge in [-0.1, -0.05) is 38.0 Å². The summed E-state index contributed by atoms with van der Waals surface area (Å²) in [5.74, 6) is 0. The fourth-order valence-electron chi connectivity index (χ4n) is 1.67. The number of rotatable bonds is 2. The fraction of sp³-hybridized carbons (Fsp3) is 0.417. The average molecular weight is 280 g/mol. The largest absolute Gasteiger partial charge is 0.272 e. The third kappa shape index (κ3) is 2.81. The first-order chi connectivity index (χ1) is 8.69. The Morgan fingerprint density at radius 2 is 1.68 bits per heavy atom.